The molecule has 0 aliphatic rings. The molecule has 0 spiro atoms. The average molecular weight is 215 g/mol. The van der Waals surface area contributed by atoms with Gasteiger partial charge in [0.05, 0.1) is 13.0 Å². The molecule has 6 nitrogen and oxygen atoms in total. The van der Waals surface area contributed by atoms with Crippen molar-refractivity contribution in [3.63, 3.8) is 0 Å². The molecule has 0 aliphatic heterocycles. The third-order valence-corrected chi connectivity index (χ3v) is 1.59. The number of nitrogens with zero attached hydrogens (tertiary/aromatic N) is 1. The standard InChI is InChI=1S/C7H9N3O3S/c1-2-13-5(11)3-4-6(12)8-7(14)10-9-4/h2-3H2,1H3,(H2,8,10,12,14). The van der Waals surface area contributed by atoms with Crippen LogP contribution in [0.4, 0.5) is 0 Å². The summed E-state index contributed by atoms with van der Waals surface area (Å²) >= 11 is 4.63. The summed E-state index contributed by atoms with van der Waals surface area (Å²) in [6, 6.07) is 0. The zero-order chi connectivity index (χ0) is 10.6. The molecule has 0 atom stereocenters. The number of ether oxygens (including phenoxy) is 1. The van der Waals surface area contributed by atoms with Gasteiger partial charge >= 0.3 is 5.97 Å². The number of hydrogen-bond donors (Lipinski definition) is 2. The third-order valence-electron chi connectivity index (χ3n) is 1.40. The van der Waals surface area contributed by atoms with Crippen molar-refractivity contribution in [3.05, 3.63) is 20.8 Å². The van der Waals surface area contributed by atoms with Crippen LogP contribution in [0, 0.1) is 4.77 Å². The molecule has 2 N–H and O–H groups in total. The van der Waals surface area contributed by atoms with Crippen molar-refractivity contribution in [2.45, 2.75) is 13.3 Å². The smallest absolute Gasteiger partial charge is 0.312 e. The van der Waals surface area contributed by atoms with Crippen molar-refractivity contribution in [1.82, 2.24) is 15.2 Å². The summed E-state index contributed by atoms with van der Waals surface area (Å²) < 4.78 is 4.79. The average Bonchev–Trinajstić information content (AvgIpc) is 2.10. The molecule has 1 heterocycles. The predicted molar refractivity (Wildman–Crippen MR) is 50.4 cm³/mol. The molecule has 7 heteroatoms. The van der Waals surface area contributed by atoms with Crippen molar-refractivity contribution in [3.8, 4) is 0 Å². The highest BCUT2D eigenvalue weighted by Crippen LogP contribution is 1.88. The van der Waals surface area contributed by atoms with E-state index in [0.717, 1.165) is 0 Å². The van der Waals surface area contributed by atoms with E-state index in [1.54, 1.807) is 6.92 Å². The van der Waals surface area contributed by atoms with Crippen LogP contribution in [-0.4, -0.2) is 27.8 Å². The van der Waals surface area contributed by atoms with Gasteiger partial charge in [-0.25, -0.2) is 0 Å². The first kappa shape index (κ1) is 10.6. The summed E-state index contributed by atoms with van der Waals surface area (Å²) in [6.07, 6.45) is -0.157. The molecule has 14 heavy (non-hydrogen) atoms. The van der Waals surface area contributed by atoms with E-state index in [1.165, 1.54) is 0 Å². The Balaban J connectivity index is 2.82. The Morgan fingerprint density at radius 2 is 2.36 bits per heavy atom. The number of rotatable bonds is 3. The molecular formula is C7H9N3O3S. The van der Waals surface area contributed by atoms with Gasteiger partial charge < -0.3 is 4.74 Å². The van der Waals surface area contributed by atoms with E-state index in [2.05, 4.69) is 32.1 Å². The predicted octanol–water partition coefficient (Wildman–Crippen LogP) is -0.0669. The number of aromatic amines is 2. The van der Waals surface area contributed by atoms with Crippen molar-refractivity contribution < 1.29 is 9.53 Å². The van der Waals surface area contributed by atoms with Crippen molar-refractivity contribution in [2.24, 2.45) is 0 Å². The molecule has 0 unspecified atom stereocenters. The maximum Gasteiger partial charge on any atom is 0.312 e. The first-order valence-electron chi connectivity index (χ1n) is 3.97. The molecule has 0 saturated heterocycles. The lowest BCUT2D eigenvalue weighted by Gasteiger charge is -1.99. The Hall–Kier alpha value is -1.50. The number of carbonyl (C=O) groups excluding carboxylic acids is 1. The van der Waals surface area contributed by atoms with Crippen LogP contribution in [0.2, 0.25) is 0 Å². The molecule has 0 bridgehead atoms. The second-order valence-electron chi connectivity index (χ2n) is 2.44. The van der Waals surface area contributed by atoms with Crippen molar-refractivity contribution in [1.29, 1.82) is 0 Å². The maximum atomic E-state index is 11.2. The lowest BCUT2D eigenvalue weighted by atomic mass is 10.3. The summed E-state index contributed by atoms with van der Waals surface area (Å²) in [5.74, 6) is -0.490. The first-order chi connectivity index (χ1) is 6.63. The van der Waals surface area contributed by atoms with E-state index in [-0.39, 0.29) is 23.5 Å². The Bertz CT molecular complexity index is 436. The fraction of sp³-hybridized carbons (Fsp3) is 0.429. The summed E-state index contributed by atoms with van der Waals surface area (Å²) in [5, 5.41) is 6.02. The van der Waals surface area contributed by atoms with E-state index in [4.69, 9.17) is 0 Å². The van der Waals surface area contributed by atoms with Gasteiger partial charge in [0.2, 0.25) is 0 Å². The largest absolute Gasteiger partial charge is 0.466 e. The highest BCUT2D eigenvalue weighted by molar-refractivity contribution is 7.71. The van der Waals surface area contributed by atoms with Gasteiger partial charge in [-0.05, 0) is 19.1 Å². The van der Waals surface area contributed by atoms with Gasteiger partial charge in [0.1, 0.15) is 5.69 Å². The van der Waals surface area contributed by atoms with Gasteiger partial charge in [-0.2, -0.15) is 5.10 Å². The van der Waals surface area contributed by atoms with Crippen LogP contribution >= 0.6 is 12.2 Å². The molecule has 1 aromatic rings. The third kappa shape index (κ3) is 2.77. The van der Waals surface area contributed by atoms with Crippen LogP contribution in [0.25, 0.3) is 0 Å². The second-order valence-corrected chi connectivity index (χ2v) is 2.84. The molecule has 1 aromatic heterocycles. The quantitative estimate of drug-likeness (QED) is 0.544. The Morgan fingerprint density at radius 1 is 1.64 bits per heavy atom. The molecule has 0 aromatic carbocycles. The Kier molecular flexibility index (Phi) is 3.52. The number of aromatic nitrogens is 3. The van der Waals surface area contributed by atoms with E-state index < -0.39 is 11.5 Å². The topological polar surface area (TPSA) is 87.8 Å². The molecule has 0 saturated carbocycles. The Labute approximate surface area is 84.3 Å². The molecule has 0 aliphatic carbocycles. The van der Waals surface area contributed by atoms with Crippen molar-refractivity contribution >= 4 is 18.2 Å². The van der Waals surface area contributed by atoms with Gasteiger partial charge in [0, 0.05) is 0 Å². The van der Waals surface area contributed by atoms with Gasteiger partial charge in [0.15, 0.2) is 4.77 Å². The number of carbonyl (C=O) groups is 1. The second kappa shape index (κ2) is 4.66. The Morgan fingerprint density at radius 3 is 2.93 bits per heavy atom. The number of nitrogens with one attached hydrogen (secondary N) is 2. The number of esters is 1. The van der Waals surface area contributed by atoms with Crippen LogP contribution in [0.5, 0.6) is 0 Å². The molecular weight excluding hydrogens is 206 g/mol. The van der Waals surface area contributed by atoms with Crippen LogP contribution in [-0.2, 0) is 16.0 Å². The molecule has 1 rings (SSSR count). The van der Waals surface area contributed by atoms with Gasteiger partial charge in [0.25, 0.3) is 5.56 Å². The molecule has 0 amide bonds. The van der Waals surface area contributed by atoms with Gasteiger partial charge in [-0.1, -0.05) is 0 Å². The molecule has 0 radical (unpaired) electrons. The highest BCUT2D eigenvalue weighted by Gasteiger charge is 2.08. The summed E-state index contributed by atoms with van der Waals surface area (Å²) in [6.45, 7) is 1.97. The maximum absolute atomic E-state index is 11.2. The zero-order valence-corrected chi connectivity index (χ0v) is 8.31. The number of H-pyrrole nitrogens is 2. The highest BCUT2D eigenvalue weighted by atomic mass is 32.1. The van der Waals surface area contributed by atoms with E-state index in [1.807, 2.05) is 0 Å². The van der Waals surface area contributed by atoms with E-state index in [9.17, 15) is 9.59 Å². The van der Waals surface area contributed by atoms with Gasteiger partial charge in [-0.3, -0.25) is 19.7 Å². The minimum absolute atomic E-state index is 0.0667. The fourth-order valence-electron chi connectivity index (χ4n) is 0.841. The lowest BCUT2D eigenvalue weighted by Crippen LogP contribution is -2.21. The zero-order valence-electron chi connectivity index (χ0n) is 7.49. The number of hydrogen-bond acceptors (Lipinski definition) is 5. The molecule has 0 fully saturated rings. The van der Waals surface area contributed by atoms with Crippen LogP contribution in [0.3, 0.4) is 0 Å². The fourth-order valence-corrected chi connectivity index (χ4v) is 0.979. The van der Waals surface area contributed by atoms with Gasteiger partial charge in [-0.15, -0.1) is 0 Å². The minimum atomic E-state index is -0.490. The monoisotopic (exact) mass is 215 g/mol. The minimum Gasteiger partial charge on any atom is -0.466 e. The normalized spacial score (nSPS) is 9.79. The van der Waals surface area contributed by atoms with Crippen LogP contribution in [0.1, 0.15) is 12.6 Å². The summed E-state index contributed by atoms with van der Waals surface area (Å²) in [5.41, 5.74) is -0.404. The van der Waals surface area contributed by atoms with E-state index >= 15 is 0 Å². The van der Waals surface area contributed by atoms with E-state index in [0.29, 0.717) is 0 Å². The van der Waals surface area contributed by atoms with Crippen LogP contribution in [0.15, 0.2) is 4.79 Å². The summed E-state index contributed by atoms with van der Waals surface area (Å²) in [7, 11) is 0. The lowest BCUT2D eigenvalue weighted by molar-refractivity contribution is -0.142. The van der Waals surface area contributed by atoms with Crippen LogP contribution < -0.4 is 5.56 Å². The molecule has 76 valence electrons. The van der Waals surface area contributed by atoms with Crippen molar-refractivity contribution in [2.75, 3.05) is 6.61 Å². The first-order valence-corrected chi connectivity index (χ1v) is 4.37. The summed E-state index contributed by atoms with van der Waals surface area (Å²) in [4.78, 5) is 24.5. The SMILES string of the molecule is CCOC(=O)Cc1n[nH]c(=S)[nH]c1=O.